The molecule has 0 radical (unpaired) electrons. The third kappa shape index (κ3) is 5.48. The third-order valence-electron chi connectivity index (χ3n) is 4.61. The summed E-state index contributed by atoms with van der Waals surface area (Å²) >= 11 is 8.13. The maximum Gasteiger partial charge on any atom is 0.246 e. The van der Waals surface area contributed by atoms with Gasteiger partial charge in [0.25, 0.3) is 0 Å². The van der Waals surface area contributed by atoms with Gasteiger partial charge in [0, 0.05) is 43.0 Å². The molecule has 4 nitrogen and oxygen atoms in total. The maximum atomic E-state index is 12.8. The van der Waals surface area contributed by atoms with Crippen molar-refractivity contribution in [3.63, 3.8) is 0 Å². The molecule has 1 aromatic carbocycles. The van der Waals surface area contributed by atoms with Gasteiger partial charge in [0.2, 0.25) is 5.91 Å². The highest BCUT2D eigenvalue weighted by atomic mass is 35.5. The molecule has 3 rings (SSSR count). The van der Waals surface area contributed by atoms with E-state index in [4.69, 9.17) is 16.3 Å². The van der Waals surface area contributed by atoms with Gasteiger partial charge in [-0.2, -0.15) is 11.8 Å². The molecule has 2 aliphatic heterocycles. The van der Waals surface area contributed by atoms with Crippen molar-refractivity contribution in [2.45, 2.75) is 12.5 Å². The molecule has 6 heteroatoms. The molecule has 2 fully saturated rings. The summed E-state index contributed by atoms with van der Waals surface area (Å²) in [6.07, 6.45) is 4.55. The minimum Gasteiger partial charge on any atom is -0.379 e. The van der Waals surface area contributed by atoms with E-state index in [1.807, 2.05) is 47.0 Å². The van der Waals surface area contributed by atoms with Gasteiger partial charge < -0.3 is 9.64 Å². The average molecular weight is 381 g/mol. The van der Waals surface area contributed by atoms with Crippen LogP contribution in [-0.2, 0) is 9.53 Å². The monoisotopic (exact) mass is 380 g/mol. The maximum absolute atomic E-state index is 12.8. The predicted molar refractivity (Wildman–Crippen MR) is 105 cm³/mol. The third-order valence-corrected chi connectivity index (χ3v) is 6.15. The standard InChI is InChI=1S/C19H25ClN2O2S/c20-18-5-2-1-4-16(18)6-7-19(23)22-8-3-13-25-15-17(22)14-21-9-11-24-12-10-21/h1-2,4-7,17H,3,8-15H2. The smallest absolute Gasteiger partial charge is 0.246 e. The summed E-state index contributed by atoms with van der Waals surface area (Å²) in [6, 6.07) is 7.85. The first-order valence-electron chi connectivity index (χ1n) is 8.85. The van der Waals surface area contributed by atoms with E-state index >= 15 is 0 Å². The van der Waals surface area contributed by atoms with E-state index in [1.165, 1.54) is 0 Å². The first kappa shape index (κ1) is 18.8. The van der Waals surface area contributed by atoms with Gasteiger partial charge >= 0.3 is 0 Å². The van der Waals surface area contributed by atoms with E-state index in [2.05, 4.69) is 4.90 Å². The SMILES string of the molecule is O=C(C=Cc1ccccc1Cl)N1CCCSCC1CN1CCOCC1. The summed E-state index contributed by atoms with van der Waals surface area (Å²) in [6.45, 7) is 5.26. The molecule has 0 aromatic heterocycles. The molecule has 0 N–H and O–H groups in total. The van der Waals surface area contributed by atoms with Gasteiger partial charge in [-0.25, -0.2) is 0 Å². The Morgan fingerprint density at radius 1 is 1.28 bits per heavy atom. The molecule has 1 unspecified atom stereocenters. The minimum absolute atomic E-state index is 0.0840. The number of benzene rings is 1. The molecule has 1 aromatic rings. The topological polar surface area (TPSA) is 32.8 Å². The van der Waals surface area contributed by atoms with Crippen LogP contribution in [0.1, 0.15) is 12.0 Å². The number of rotatable bonds is 4. The number of morpholine rings is 1. The second-order valence-corrected chi connectivity index (χ2v) is 7.94. The molecular formula is C19H25ClN2O2S. The quantitative estimate of drug-likeness (QED) is 0.752. The van der Waals surface area contributed by atoms with Gasteiger partial charge in [-0.05, 0) is 29.9 Å². The highest BCUT2D eigenvalue weighted by Gasteiger charge is 2.27. The number of hydrogen-bond acceptors (Lipinski definition) is 4. The molecule has 0 saturated carbocycles. The zero-order valence-electron chi connectivity index (χ0n) is 14.4. The van der Waals surface area contributed by atoms with Gasteiger partial charge in [0.15, 0.2) is 0 Å². The number of halogens is 1. The summed E-state index contributed by atoms with van der Waals surface area (Å²) in [7, 11) is 0. The Morgan fingerprint density at radius 2 is 2.08 bits per heavy atom. The molecule has 1 amide bonds. The first-order chi connectivity index (χ1) is 12.2. The van der Waals surface area contributed by atoms with E-state index in [-0.39, 0.29) is 11.9 Å². The molecule has 136 valence electrons. The lowest BCUT2D eigenvalue weighted by Crippen LogP contribution is -2.50. The second-order valence-electron chi connectivity index (χ2n) is 6.38. The van der Waals surface area contributed by atoms with Gasteiger partial charge in [-0.1, -0.05) is 29.8 Å². The van der Waals surface area contributed by atoms with Crippen LogP contribution in [-0.4, -0.2) is 72.6 Å². The second kappa shape index (κ2) is 9.62. The molecule has 2 saturated heterocycles. The molecule has 1 atom stereocenters. The summed E-state index contributed by atoms with van der Waals surface area (Å²) in [5.41, 5.74) is 0.881. The Kier molecular flexibility index (Phi) is 7.23. The number of carbonyl (C=O) groups is 1. The van der Waals surface area contributed by atoms with Crippen LogP contribution in [0, 0.1) is 0 Å². The zero-order chi connectivity index (χ0) is 17.5. The Labute approximate surface area is 159 Å². The highest BCUT2D eigenvalue weighted by Crippen LogP contribution is 2.20. The zero-order valence-corrected chi connectivity index (χ0v) is 16.0. The van der Waals surface area contributed by atoms with Crippen molar-refractivity contribution < 1.29 is 9.53 Å². The molecule has 2 heterocycles. The van der Waals surface area contributed by atoms with Crippen molar-refractivity contribution in [1.82, 2.24) is 9.80 Å². The van der Waals surface area contributed by atoms with E-state index in [0.717, 1.165) is 62.9 Å². The van der Waals surface area contributed by atoms with Gasteiger partial charge in [-0.15, -0.1) is 0 Å². The van der Waals surface area contributed by atoms with Crippen molar-refractivity contribution in [1.29, 1.82) is 0 Å². The molecule has 2 aliphatic rings. The van der Waals surface area contributed by atoms with E-state index in [0.29, 0.717) is 5.02 Å². The number of hydrogen-bond donors (Lipinski definition) is 0. The van der Waals surface area contributed by atoms with Crippen molar-refractivity contribution in [2.75, 3.05) is 50.9 Å². The molecule has 0 spiro atoms. The lowest BCUT2D eigenvalue weighted by atomic mass is 10.2. The summed E-state index contributed by atoms with van der Waals surface area (Å²) in [5.74, 6) is 2.21. The molecule has 0 bridgehead atoms. The van der Waals surface area contributed by atoms with Gasteiger partial charge in [-0.3, -0.25) is 9.69 Å². The highest BCUT2D eigenvalue weighted by molar-refractivity contribution is 7.99. The number of ether oxygens (including phenoxy) is 1. The Balaban J connectivity index is 1.67. The minimum atomic E-state index is 0.0840. The van der Waals surface area contributed by atoms with E-state index in [1.54, 1.807) is 6.08 Å². The first-order valence-corrected chi connectivity index (χ1v) is 10.4. The molecule has 25 heavy (non-hydrogen) atoms. The van der Waals surface area contributed by atoms with Crippen LogP contribution in [0.5, 0.6) is 0 Å². The Morgan fingerprint density at radius 3 is 2.88 bits per heavy atom. The fraction of sp³-hybridized carbons (Fsp3) is 0.526. The number of amides is 1. The van der Waals surface area contributed by atoms with E-state index in [9.17, 15) is 4.79 Å². The predicted octanol–water partition coefficient (Wildman–Crippen LogP) is 3.02. The summed E-state index contributed by atoms with van der Waals surface area (Å²) in [5, 5.41) is 0.669. The van der Waals surface area contributed by atoms with Crippen molar-refractivity contribution in [2.24, 2.45) is 0 Å². The number of thioether (sulfide) groups is 1. The summed E-state index contributed by atoms with van der Waals surface area (Å²) < 4.78 is 5.44. The lowest BCUT2D eigenvalue weighted by Gasteiger charge is -2.35. The Bertz CT molecular complexity index is 605. The van der Waals surface area contributed by atoms with Crippen LogP contribution in [0.4, 0.5) is 0 Å². The van der Waals surface area contributed by atoms with Crippen LogP contribution < -0.4 is 0 Å². The van der Waals surface area contributed by atoms with Crippen LogP contribution in [0.25, 0.3) is 6.08 Å². The Hall–Kier alpha value is -1.01. The van der Waals surface area contributed by atoms with Crippen LogP contribution in [0.3, 0.4) is 0 Å². The lowest BCUT2D eigenvalue weighted by molar-refractivity contribution is -0.128. The average Bonchev–Trinajstić information content (AvgIpc) is 2.87. The fourth-order valence-corrected chi connectivity index (χ4v) is 4.48. The molecule has 0 aliphatic carbocycles. The van der Waals surface area contributed by atoms with Crippen LogP contribution in [0.15, 0.2) is 30.3 Å². The fourth-order valence-electron chi connectivity index (χ4n) is 3.22. The summed E-state index contributed by atoms with van der Waals surface area (Å²) in [4.78, 5) is 17.3. The van der Waals surface area contributed by atoms with Crippen LogP contribution >= 0.6 is 23.4 Å². The molecular weight excluding hydrogens is 356 g/mol. The normalized spacial score (nSPS) is 22.9. The number of carbonyl (C=O) groups excluding carboxylic acids is 1. The van der Waals surface area contributed by atoms with Crippen LogP contribution in [0.2, 0.25) is 5.02 Å². The van der Waals surface area contributed by atoms with Crippen molar-refractivity contribution in [3.8, 4) is 0 Å². The van der Waals surface area contributed by atoms with E-state index < -0.39 is 0 Å². The van der Waals surface area contributed by atoms with Crippen molar-refractivity contribution >= 4 is 35.3 Å². The van der Waals surface area contributed by atoms with Gasteiger partial charge in [0.1, 0.15) is 0 Å². The number of nitrogens with zero attached hydrogens (tertiary/aromatic N) is 2. The largest absolute Gasteiger partial charge is 0.379 e. The van der Waals surface area contributed by atoms with Crippen molar-refractivity contribution in [3.05, 3.63) is 40.9 Å². The van der Waals surface area contributed by atoms with Gasteiger partial charge in [0.05, 0.1) is 19.3 Å².